The van der Waals surface area contributed by atoms with Crippen molar-refractivity contribution in [1.82, 2.24) is 0 Å². The normalized spacial score (nSPS) is 9.80. The molecule has 0 amide bonds. The molecular weight excluding hydrogens is 148 g/mol. The van der Waals surface area contributed by atoms with Crippen LogP contribution in [0.25, 0.3) is 0 Å². The molecule has 0 aromatic heterocycles. The third kappa shape index (κ3) is 6.11. The van der Waals surface area contributed by atoms with Crippen LogP contribution < -0.4 is 0 Å². The number of Topliss-reactive ketones (excluding diaryl/α,β-unsaturated/α-hetero) is 1. The van der Waals surface area contributed by atoms with Gasteiger partial charge in [0.05, 0.1) is 12.4 Å². The number of hydrogen-bond acceptors (Lipinski definition) is 3. The lowest BCUT2D eigenvalue weighted by molar-refractivity contribution is -0.116. The van der Waals surface area contributed by atoms with Gasteiger partial charge in [0.2, 0.25) is 0 Å². The fourth-order valence-electron chi connectivity index (χ4n) is 0.602. The van der Waals surface area contributed by atoms with E-state index in [1.165, 1.54) is 11.8 Å². The Morgan fingerprint density at radius 3 is 2.80 bits per heavy atom. The van der Waals surface area contributed by atoms with Crippen LogP contribution in [-0.4, -0.2) is 29.0 Å². The molecule has 0 radical (unpaired) electrons. The van der Waals surface area contributed by atoms with Gasteiger partial charge in [-0.05, 0) is 6.42 Å². The zero-order chi connectivity index (χ0) is 7.82. The first-order chi connectivity index (χ1) is 4.81. The van der Waals surface area contributed by atoms with Gasteiger partial charge in [0.1, 0.15) is 5.78 Å². The number of carbonyl (C=O) groups is 1. The van der Waals surface area contributed by atoms with E-state index in [0.717, 1.165) is 6.42 Å². The molecule has 0 spiro atoms. The number of hydrogen-bond donors (Lipinski definition) is 1. The van der Waals surface area contributed by atoms with E-state index in [9.17, 15) is 4.79 Å². The highest BCUT2D eigenvalue weighted by Gasteiger charge is 1.98. The first-order valence-electron chi connectivity index (χ1n) is 3.51. The lowest BCUT2D eigenvalue weighted by atomic mass is 10.3. The van der Waals surface area contributed by atoms with Crippen molar-refractivity contribution >= 4 is 17.5 Å². The Morgan fingerprint density at radius 2 is 2.30 bits per heavy atom. The maximum Gasteiger partial charge on any atom is 0.142 e. The lowest BCUT2D eigenvalue weighted by Crippen LogP contribution is -2.01. The second-order valence-electron chi connectivity index (χ2n) is 2.06. The summed E-state index contributed by atoms with van der Waals surface area (Å²) < 4.78 is 0. The van der Waals surface area contributed by atoms with Crippen LogP contribution in [0.4, 0.5) is 0 Å². The second kappa shape index (κ2) is 7.09. The Balaban J connectivity index is 3.05. The van der Waals surface area contributed by atoms with Gasteiger partial charge in [0.15, 0.2) is 0 Å². The van der Waals surface area contributed by atoms with Crippen molar-refractivity contribution in [2.24, 2.45) is 0 Å². The maximum absolute atomic E-state index is 10.8. The van der Waals surface area contributed by atoms with E-state index in [-0.39, 0.29) is 6.61 Å². The number of carbonyl (C=O) groups excluding carboxylic acids is 1. The minimum absolute atomic E-state index is 0.171. The van der Waals surface area contributed by atoms with Crippen LogP contribution >= 0.6 is 11.8 Å². The van der Waals surface area contributed by atoms with E-state index < -0.39 is 0 Å². The Bertz CT molecular complexity index is 93.6. The molecule has 0 heterocycles. The number of ketones is 1. The molecule has 0 bridgehead atoms. The van der Waals surface area contributed by atoms with Crippen LogP contribution in [-0.2, 0) is 4.79 Å². The van der Waals surface area contributed by atoms with E-state index in [0.29, 0.717) is 23.7 Å². The molecular formula is C7H14O2S. The Labute approximate surface area is 66.0 Å². The third-order valence-corrected chi connectivity index (χ3v) is 2.02. The molecule has 0 aliphatic rings. The summed E-state index contributed by atoms with van der Waals surface area (Å²) >= 11 is 1.50. The molecule has 0 unspecified atom stereocenters. The van der Waals surface area contributed by atoms with Gasteiger partial charge in [0, 0.05) is 12.2 Å². The predicted molar refractivity (Wildman–Crippen MR) is 44.3 cm³/mol. The summed E-state index contributed by atoms with van der Waals surface area (Å²) in [5.41, 5.74) is 0. The highest BCUT2D eigenvalue weighted by molar-refractivity contribution is 7.99. The summed E-state index contributed by atoms with van der Waals surface area (Å²) in [7, 11) is 0. The molecule has 3 heteroatoms. The van der Waals surface area contributed by atoms with E-state index in [2.05, 4.69) is 0 Å². The summed E-state index contributed by atoms with van der Waals surface area (Å²) in [4.78, 5) is 10.8. The van der Waals surface area contributed by atoms with Gasteiger partial charge in [-0.15, -0.1) is 0 Å². The van der Waals surface area contributed by atoms with Crippen molar-refractivity contribution in [3.8, 4) is 0 Å². The fourth-order valence-corrected chi connectivity index (χ4v) is 1.25. The molecule has 0 fully saturated rings. The number of rotatable bonds is 6. The third-order valence-electron chi connectivity index (χ3n) is 1.03. The van der Waals surface area contributed by atoms with Crippen molar-refractivity contribution in [3.63, 3.8) is 0 Å². The minimum atomic E-state index is 0.171. The molecule has 0 saturated carbocycles. The van der Waals surface area contributed by atoms with Crippen LogP contribution in [0.15, 0.2) is 0 Å². The van der Waals surface area contributed by atoms with Crippen LogP contribution in [0.3, 0.4) is 0 Å². The van der Waals surface area contributed by atoms with Crippen molar-refractivity contribution in [1.29, 1.82) is 0 Å². The molecule has 0 saturated heterocycles. The van der Waals surface area contributed by atoms with Gasteiger partial charge in [-0.25, -0.2) is 0 Å². The quantitative estimate of drug-likeness (QED) is 0.594. The van der Waals surface area contributed by atoms with E-state index >= 15 is 0 Å². The Kier molecular flexibility index (Phi) is 7.08. The summed E-state index contributed by atoms with van der Waals surface area (Å²) in [6, 6.07) is 0. The van der Waals surface area contributed by atoms with Gasteiger partial charge in [-0.3, -0.25) is 4.79 Å². The van der Waals surface area contributed by atoms with Gasteiger partial charge < -0.3 is 5.11 Å². The SMILES string of the molecule is CCCC(=O)CSCCO. The van der Waals surface area contributed by atoms with E-state index in [1.54, 1.807) is 0 Å². The molecule has 1 N–H and O–H groups in total. The summed E-state index contributed by atoms with van der Waals surface area (Å²) in [6.07, 6.45) is 1.61. The molecule has 2 nitrogen and oxygen atoms in total. The Hall–Kier alpha value is -0.0200. The average molecular weight is 162 g/mol. The Morgan fingerprint density at radius 1 is 1.60 bits per heavy atom. The molecule has 60 valence electrons. The first-order valence-corrected chi connectivity index (χ1v) is 4.67. The van der Waals surface area contributed by atoms with Crippen molar-refractivity contribution in [2.75, 3.05) is 18.1 Å². The maximum atomic E-state index is 10.8. The summed E-state index contributed by atoms with van der Waals surface area (Å²) in [5, 5.41) is 8.38. The lowest BCUT2D eigenvalue weighted by Gasteiger charge is -1.96. The zero-order valence-corrected chi connectivity index (χ0v) is 7.12. The van der Waals surface area contributed by atoms with Gasteiger partial charge >= 0.3 is 0 Å². The standard InChI is InChI=1S/C7H14O2S/c1-2-3-7(9)6-10-5-4-8/h8H,2-6H2,1H3. The first kappa shape index (κ1) is 9.98. The number of thioether (sulfide) groups is 1. The molecule has 0 aromatic carbocycles. The monoisotopic (exact) mass is 162 g/mol. The van der Waals surface area contributed by atoms with Crippen molar-refractivity contribution < 1.29 is 9.90 Å². The second-order valence-corrected chi connectivity index (χ2v) is 3.17. The molecule has 0 aromatic rings. The topological polar surface area (TPSA) is 37.3 Å². The zero-order valence-electron chi connectivity index (χ0n) is 6.30. The molecule has 0 atom stereocenters. The number of aliphatic hydroxyl groups is 1. The fraction of sp³-hybridized carbons (Fsp3) is 0.857. The highest BCUT2D eigenvalue weighted by Crippen LogP contribution is 2.01. The van der Waals surface area contributed by atoms with Crippen molar-refractivity contribution in [2.45, 2.75) is 19.8 Å². The van der Waals surface area contributed by atoms with Gasteiger partial charge in [0.25, 0.3) is 0 Å². The van der Waals surface area contributed by atoms with Crippen LogP contribution in [0.5, 0.6) is 0 Å². The molecule has 10 heavy (non-hydrogen) atoms. The van der Waals surface area contributed by atoms with E-state index in [1.807, 2.05) is 6.92 Å². The summed E-state index contributed by atoms with van der Waals surface area (Å²) in [5.74, 6) is 1.53. The molecule has 0 aliphatic carbocycles. The van der Waals surface area contributed by atoms with E-state index in [4.69, 9.17) is 5.11 Å². The highest BCUT2D eigenvalue weighted by atomic mass is 32.2. The van der Waals surface area contributed by atoms with Gasteiger partial charge in [-0.2, -0.15) is 11.8 Å². The predicted octanol–water partition coefficient (Wildman–Crippen LogP) is 1.08. The van der Waals surface area contributed by atoms with Crippen LogP contribution in [0.1, 0.15) is 19.8 Å². The van der Waals surface area contributed by atoms with Crippen molar-refractivity contribution in [3.05, 3.63) is 0 Å². The molecule has 0 rings (SSSR count). The minimum Gasteiger partial charge on any atom is -0.396 e. The van der Waals surface area contributed by atoms with Crippen LogP contribution in [0, 0.1) is 0 Å². The average Bonchev–Trinajstić information content (AvgIpc) is 1.89. The molecule has 0 aliphatic heterocycles. The largest absolute Gasteiger partial charge is 0.396 e. The smallest absolute Gasteiger partial charge is 0.142 e. The summed E-state index contributed by atoms with van der Waals surface area (Å²) in [6.45, 7) is 2.17. The number of aliphatic hydroxyl groups excluding tert-OH is 1. The van der Waals surface area contributed by atoms with Crippen LogP contribution in [0.2, 0.25) is 0 Å². The van der Waals surface area contributed by atoms with Gasteiger partial charge in [-0.1, -0.05) is 6.92 Å².